The van der Waals surface area contributed by atoms with Gasteiger partial charge < -0.3 is 9.47 Å². The summed E-state index contributed by atoms with van der Waals surface area (Å²) in [5.41, 5.74) is 0.633. The van der Waals surface area contributed by atoms with E-state index in [-0.39, 0.29) is 11.4 Å². The first kappa shape index (κ1) is 24.0. The smallest absolute Gasteiger partial charge is 0.338 e. The fourth-order valence-corrected chi connectivity index (χ4v) is 4.03. The molecule has 154 valence electrons. The number of thioether (sulfide) groups is 1. The summed E-state index contributed by atoms with van der Waals surface area (Å²) in [6.07, 6.45) is 14.7. The van der Waals surface area contributed by atoms with E-state index in [1.165, 1.54) is 71.3 Å². The minimum absolute atomic E-state index is 0.0268. The number of benzene rings is 1. The van der Waals surface area contributed by atoms with Gasteiger partial charge in [-0.15, -0.1) is 0 Å². The minimum atomic E-state index is -0.296. The molecular formula is C23H38O3S. The lowest BCUT2D eigenvalue weighted by Crippen LogP contribution is -2.08. The van der Waals surface area contributed by atoms with Crippen molar-refractivity contribution in [2.45, 2.75) is 94.8 Å². The van der Waals surface area contributed by atoms with Gasteiger partial charge in [-0.25, -0.2) is 4.79 Å². The Balaban J connectivity index is 2.05. The lowest BCUT2D eigenvalue weighted by atomic mass is 10.1. The highest BCUT2D eigenvalue weighted by Crippen LogP contribution is 2.28. The Hall–Kier alpha value is -1.00. The molecule has 0 heterocycles. The van der Waals surface area contributed by atoms with E-state index in [4.69, 9.17) is 9.47 Å². The van der Waals surface area contributed by atoms with Crippen molar-refractivity contribution in [2.75, 3.05) is 13.7 Å². The van der Waals surface area contributed by atoms with E-state index in [1.807, 2.05) is 25.1 Å². The number of ether oxygens (including phenoxy) is 2. The van der Waals surface area contributed by atoms with Crippen molar-refractivity contribution in [3.63, 3.8) is 0 Å². The molecule has 0 amide bonds. The van der Waals surface area contributed by atoms with Crippen LogP contribution in [0.1, 0.15) is 94.8 Å². The van der Waals surface area contributed by atoms with Gasteiger partial charge in [-0.2, -0.15) is 0 Å². The Bertz CT molecular complexity index is 504. The van der Waals surface area contributed by atoms with Crippen molar-refractivity contribution in [3.05, 3.63) is 29.8 Å². The van der Waals surface area contributed by atoms with Crippen LogP contribution in [0, 0.1) is 0 Å². The third-order valence-electron chi connectivity index (χ3n) is 4.69. The Labute approximate surface area is 170 Å². The van der Waals surface area contributed by atoms with Crippen molar-refractivity contribution >= 4 is 17.7 Å². The number of hydrogen-bond acceptors (Lipinski definition) is 4. The van der Waals surface area contributed by atoms with E-state index < -0.39 is 0 Å². The van der Waals surface area contributed by atoms with Gasteiger partial charge in [-0.05, 0) is 25.5 Å². The first-order valence-corrected chi connectivity index (χ1v) is 11.5. The molecule has 0 spiro atoms. The SMILES string of the molecule is CCCCCCCCCCCCCOC(C)Sc1ccccc1C(=O)OC. The second-order valence-electron chi connectivity index (χ2n) is 7.08. The quantitative estimate of drug-likeness (QED) is 0.128. The molecule has 1 atom stereocenters. The lowest BCUT2D eigenvalue weighted by Gasteiger charge is -2.14. The molecule has 0 N–H and O–H groups in total. The predicted octanol–water partition coefficient (Wildman–Crippen LogP) is 7.24. The Morgan fingerprint density at radius 1 is 0.926 bits per heavy atom. The average Bonchev–Trinajstić information content (AvgIpc) is 2.68. The van der Waals surface area contributed by atoms with Gasteiger partial charge in [0.15, 0.2) is 0 Å². The fraction of sp³-hybridized carbons (Fsp3) is 0.696. The molecule has 27 heavy (non-hydrogen) atoms. The normalized spacial score (nSPS) is 12.1. The van der Waals surface area contributed by atoms with E-state index in [1.54, 1.807) is 17.8 Å². The van der Waals surface area contributed by atoms with Crippen LogP contribution >= 0.6 is 11.8 Å². The summed E-state index contributed by atoms with van der Waals surface area (Å²) in [4.78, 5) is 12.7. The zero-order valence-electron chi connectivity index (χ0n) is 17.5. The monoisotopic (exact) mass is 394 g/mol. The molecule has 0 aliphatic carbocycles. The first-order valence-electron chi connectivity index (χ1n) is 10.6. The van der Waals surface area contributed by atoms with E-state index in [0.717, 1.165) is 17.9 Å². The summed E-state index contributed by atoms with van der Waals surface area (Å²) in [6, 6.07) is 7.53. The molecule has 0 saturated carbocycles. The molecule has 0 saturated heterocycles. The van der Waals surface area contributed by atoms with Crippen LogP contribution in [0.4, 0.5) is 0 Å². The zero-order chi connectivity index (χ0) is 19.7. The molecule has 0 radical (unpaired) electrons. The van der Waals surface area contributed by atoms with E-state index in [9.17, 15) is 4.79 Å². The summed E-state index contributed by atoms with van der Waals surface area (Å²) in [5.74, 6) is -0.296. The van der Waals surface area contributed by atoms with Gasteiger partial charge in [-0.1, -0.05) is 95.0 Å². The Kier molecular flexibility index (Phi) is 14.2. The molecule has 0 aliphatic rings. The highest BCUT2D eigenvalue weighted by atomic mass is 32.2. The number of rotatable bonds is 16. The third kappa shape index (κ3) is 11.4. The standard InChI is InChI=1S/C23H38O3S/c1-4-5-6-7-8-9-10-11-12-13-16-19-26-20(2)27-22-18-15-14-17-21(22)23(24)25-3/h14-15,17-18,20H,4-13,16,19H2,1-3H3. The maximum Gasteiger partial charge on any atom is 0.338 e. The number of carbonyl (C=O) groups excluding carboxylic acids is 1. The molecule has 1 rings (SSSR count). The van der Waals surface area contributed by atoms with Crippen molar-refractivity contribution in [1.82, 2.24) is 0 Å². The molecule has 1 unspecified atom stereocenters. The average molecular weight is 395 g/mol. The predicted molar refractivity (Wildman–Crippen MR) is 116 cm³/mol. The van der Waals surface area contributed by atoms with E-state index in [2.05, 4.69) is 6.92 Å². The number of hydrogen-bond donors (Lipinski definition) is 0. The van der Waals surface area contributed by atoms with Crippen LogP contribution in [0.5, 0.6) is 0 Å². The van der Waals surface area contributed by atoms with Gasteiger partial charge in [0.1, 0.15) is 5.44 Å². The summed E-state index contributed by atoms with van der Waals surface area (Å²) in [7, 11) is 1.41. The van der Waals surface area contributed by atoms with E-state index >= 15 is 0 Å². The van der Waals surface area contributed by atoms with Crippen molar-refractivity contribution in [2.24, 2.45) is 0 Å². The summed E-state index contributed by atoms with van der Waals surface area (Å²) < 4.78 is 10.8. The second-order valence-corrected chi connectivity index (χ2v) is 8.42. The number of esters is 1. The van der Waals surface area contributed by atoms with E-state index in [0.29, 0.717) is 5.56 Å². The topological polar surface area (TPSA) is 35.5 Å². The fourth-order valence-electron chi connectivity index (χ4n) is 3.08. The van der Waals surface area contributed by atoms with Crippen LogP contribution in [-0.4, -0.2) is 25.1 Å². The number of unbranched alkanes of at least 4 members (excludes halogenated alkanes) is 10. The van der Waals surface area contributed by atoms with Crippen molar-refractivity contribution in [1.29, 1.82) is 0 Å². The van der Waals surface area contributed by atoms with Gasteiger partial charge in [0.2, 0.25) is 0 Å². The molecule has 4 heteroatoms. The second kappa shape index (κ2) is 16.0. The first-order chi connectivity index (χ1) is 13.2. The van der Waals surface area contributed by atoms with Crippen LogP contribution in [0.15, 0.2) is 29.2 Å². The maximum absolute atomic E-state index is 11.8. The molecule has 3 nitrogen and oxygen atoms in total. The Morgan fingerprint density at radius 2 is 1.48 bits per heavy atom. The van der Waals surface area contributed by atoms with Gasteiger partial charge in [-0.3, -0.25) is 0 Å². The van der Waals surface area contributed by atoms with Gasteiger partial charge >= 0.3 is 5.97 Å². The summed E-state index contributed by atoms with van der Waals surface area (Å²) >= 11 is 1.57. The summed E-state index contributed by atoms with van der Waals surface area (Å²) in [6.45, 7) is 5.09. The van der Waals surface area contributed by atoms with Crippen LogP contribution in [0.2, 0.25) is 0 Å². The molecule has 0 fully saturated rings. The maximum atomic E-state index is 11.8. The van der Waals surface area contributed by atoms with Gasteiger partial charge in [0.25, 0.3) is 0 Å². The molecule has 0 aromatic heterocycles. The van der Waals surface area contributed by atoms with Gasteiger partial charge in [0.05, 0.1) is 12.7 Å². The van der Waals surface area contributed by atoms with Crippen LogP contribution in [0.25, 0.3) is 0 Å². The summed E-state index contributed by atoms with van der Waals surface area (Å²) in [5, 5.41) is 0. The van der Waals surface area contributed by atoms with Crippen molar-refractivity contribution < 1.29 is 14.3 Å². The van der Waals surface area contributed by atoms with Crippen LogP contribution in [0.3, 0.4) is 0 Å². The molecule has 1 aromatic carbocycles. The lowest BCUT2D eigenvalue weighted by molar-refractivity contribution is 0.0596. The third-order valence-corrected chi connectivity index (χ3v) is 5.76. The Morgan fingerprint density at radius 3 is 2.07 bits per heavy atom. The molecule has 0 bridgehead atoms. The van der Waals surface area contributed by atoms with Crippen LogP contribution in [-0.2, 0) is 9.47 Å². The largest absolute Gasteiger partial charge is 0.465 e. The zero-order valence-corrected chi connectivity index (χ0v) is 18.3. The molecular weight excluding hydrogens is 356 g/mol. The molecule has 1 aromatic rings. The minimum Gasteiger partial charge on any atom is -0.465 e. The van der Waals surface area contributed by atoms with Crippen LogP contribution < -0.4 is 0 Å². The number of carbonyl (C=O) groups is 1. The van der Waals surface area contributed by atoms with Crippen molar-refractivity contribution in [3.8, 4) is 0 Å². The van der Waals surface area contributed by atoms with Gasteiger partial charge in [0, 0.05) is 11.5 Å². The molecule has 0 aliphatic heterocycles. The highest BCUT2D eigenvalue weighted by Gasteiger charge is 2.14. The highest BCUT2D eigenvalue weighted by molar-refractivity contribution is 7.99. The number of methoxy groups -OCH3 is 1.